The van der Waals surface area contributed by atoms with Crippen molar-refractivity contribution in [2.75, 3.05) is 31.5 Å². The normalized spacial score (nSPS) is 28.4. The largest absolute Gasteiger partial charge is 0.348 e. The van der Waals surface area contributed by atoms with E-state index in [-0.39, 0.29) is 0 Å². The zero-order valence-corrected chi connectivity index (χ0v) is 13.7. The SMILES string of the molecule is c1cnc(NCc2cc3n(n2)CCN(CC2[C@H]4CNC[C@@H]24)C3)nc1. The van der Waals surface area contributed by atoms with Crippen molar-refractivity contribution in [2.45, 2.75) is 19.6 Å². The first-order valence-electron chi connectivity index (χ1n) is 8.86. The number of rotatable bonds is 5. The average molecular weight is 325 g/mol. The van der Waals surface area contributed by atoms with Crippen molar-refractivity contribution in [3.63, 3.8) is 0 Å². The molecule has 1 saturated carbocycles. The van der Waals surface area contributed by atoms with Crippen molar-refractivity contribution in [2.24, 2.45) is 17.8 Å². The average Bonchev–Trinajstić information content (AvgIpc) is 2.98. The highest BCUT2D eigenvalue weighted by atomic mass is 15.3. The van der Waals surface area contributed by atoms with Crippen LogP contribution in [0.3, 0.4) is 0 Å². The number of piperidine rings is 1. The van der Waals surface area contributed by atoms with E-state index in [1.54, 1.807) is 12.4 Å². The molecule has 2 fully saturated rings. The van der Waals surface area contributed by atoms with Gasteiger partial charge >= 0.3 is 0 Å². The van der Waals surface area contributed by atoms with Crippen LogP contribution in [-0.2, 0) is 19.6 Å². The van der Waals surface area contributed by atoms with E-state index in [2.05, 4.69) is 36.2 Å². The fourth-order valence-corrected chi connectivity index (χ4v) is 4.30. The van der Waals surface area contributed by atoms with Crippen LogP contribution in [0, 0.1) is 17.8 Å². The molecule has 2 aromatic rings. The summed E-state index contributed by atoms with van der Waals surface area (Å²) in [4.78, 5) is 11.0. The third kappa shape index (κ3) is 2.67. The van der Waals surface area contributed by atoms with Gasteiger partial charge in [0.05, 0.1) is 24.5 Å². The molecular formula is C17H23N7. The molecule has 2 N–H and O–H groups in total. The number of nitrogens with zero attached hydrogens (tertiary/aromatic N) is 5. The molecule has 2 aliphatic heterocycles. The summed E-state index contributed by atoms with van der Waals surface area (Å²) in [7, 11) is 0. The lowest BCUT2D eigenvalue weighted by atomic mass is 10.2. The predicted molar refractivity (Wildman–Crippen MR) is 90.2 cm³/mol. The molecule has 7 nitrogen and oxygen atoms in total. The van der Waals surface area contributed by atoms with E-state index in [9.17, 15) is 0 Å². The van der Waals surface area contributed by atoms with E-state index in [0.29, 0.717) is 12.5 Å². The molecule has 1 saturated heterocycles. The first-order valence-corrected chi connectivity index (χ1v) is 8.86. The van der Waals surface area contributed by atoms with E-state index in [0.717, 1.165) is 43.1 Å². The molecule has 2 aromatic heterocycles. The molecule has 3 atom stereocenters. The van der Waals surface area contributed by atoms with Crippen LogP contribution in [0.2, 0.25) is 0 Å². The van der Waals surface area contributed by atoms with Crippen molar-refractivity contribution >= 4 is 5.95 Å². The molecule has 1 aliphatic carbocycles. The number of aromatic nitrogens is 4. The van der Waals surface area contributed by atoms with Crippen molar-refractivity contribution in [3.05, 3.63) is 35.9 Å². The highest BCUT2D eigenvalue weighted by Crippen LogP contribution is 2.49. The standard InChI is InChI=1S/C17H23N7/c1-2-19-17(20-3-1)21-7-12-6-13-10-23(4-5-24(13)22-12)11-16-14-8-18-9-15(14)16/h1-3,6,14-16,18H,4-5,7-11H2,(H,19,20,21)/t14-,15+,16?. The molecule has 5 rings (SSSR count). The van der Waals surface area contributed by atoms with E-state index in [4.69, 9.17) is 5.10 Å². The zero-order chi connectivity index (χ0) is 15.9. The highest BCUT2D eigenvalue weighted by molar-refractivity contribution is 5.24. The Morgan fingerprint density at radius 2 is 2.00 bits per heavy atom. The van der Waals surface area contributed by atoms with E-state index in [1.807, 2.05) is 6.07 Å². The molecule has 0 amide bonds. The Bertz CT molecular complexity index is 703. The van der Waals surface area contributed by atoms with Gasteiger partial charge in [0.25, 0.3) is 0 Å². The van der Waals surface area contributed by atoms with Crippen molar-refractivity contribution in [3.8, 4) is 0 Å². The lowest BCUT2D eigenvalue weighted by Gasteiger charge is -2.28. The quantitative estimate of drug-likeness (QED) is 0.837. The Labute approximate surface area is 141 Å². The molecular weight excluding hydrogens is 302 g/mol. The van der Waals surface area contributed by atoms with E-state index >= 15 is 0 Å². The van der Waals surface area contributed by atoms with E-state index < -0.39 is 0 Å². The Morgan fingerprint density at radius 1 is 1.17 bits per heavy atom. The number of hydrogen-bond acceptors (Lipinski definition) is 6. The second-order valence-corrected chi connectivity index (χ2v) is 7.16. The van der Waals surface area contributed by atoms with Gasteiger partial charge in [-0.2, -0.15) is 5.10 Å². The Kier molecular flexibility index (Phi) is 3.48. The summed E-state index contributed by atoms with van der Waals surface area (Å²) in [5.74, 6) is 3.47. The van der Waals surface area contributed by atoms with Gasteiger partial charge in [-0.05, 0) is 43.0 Å². The van der Waals surface area contributed by atoms with Crippen LogP contribution >= 0.6 is 0 Å². The lowest BCUT2D eigenvalue weighted by Crippen LogP contribution is -2.36. The maximum Gasteiger partial charge on any atom is 0.222 e. The van der Waals surface area contributed by atoms with Gasteiger partial charge in [-0.25, -0.2) is 9.97 Å². The van der Waals surface area contributed by atoms with Gasteiger partial charge in [-0.15, -0.1) is 0 Å². The lowest BCUT2D eigenvalue weighted by molar-refractivity contribution is 0.197. The summed E-state index contributed by atoms with van der Waals surface area (Å²) in [6.45, 7) is 7.54. The number of anilines is 1. The third-order valence-corrected chi connectivity index (χ3v) is 5.66. The van der Waals surface area contributed by atoms with Gasteiger partial charge in [0.15, 0.2) is 0 Å². The van der Waals surface area contributed by atoms with Crippen LogP contribution in [0.15, 0.2) is 24.5 Å². The van der Waals surface area contributed by atoms with Gasteiger partial charge in [0.2, 0.25) is 5.95 Å². The van der Waals surface area contributed by atoms with Crippen LogP contribution in [0.25, 0.3) is 0 Å². The summed E-state index contributed by atoms with van der Waals surface area (Å²) in [6, 6.07) is 4.04. The Morgan fingerprint density at radius 3 is 2.83 bits per heavy atom. The third-order valence-electron chi connectivity index (χ3n) is 5.66. The molecule has 4 heterocycles. The molecule has 0 radical (unpaired) electrons. The smallest absolute Gasteiger partial charge is 0.222 e. The second-order valence-electron chi connectivity index (χ2n) is 7.16. The van der Waals surface area contributed by atoms with Gasteiger partial charge in [-0.1, -0.05) is 0 Å². The fourth-order valence-electron chi connectivity index (χ4n) is 4.30. The second kappa shape index (κ2) is 5.82. The van der Waals surface area contributed by atoms with Crippen LogP contribution < -0.4 is 10.6 Å². The summed E-state index contributed by atoms with van der Waals surface area (Å²) < 4.78 is 2.16. The summed E-state index contributed by atoms with van der Waals surface area (Å²) in [5, 5.41) is 11.4. The fraction of sp³-hybridized carbons (Fsp3) is 0.588. The maximum atomic E-state index is 4.71. The molecule has 0 spiro atoms. The van der Waals surface area contributed by atoms with Gasteiger partial charge in [-0.3, -0.25) is 9.58 Å². The maximum absolute atomic E-state index is 4.71. The highest BCUT2D eigenvalue weighted by Gasteiger charge is 2.52. The molecule has 126 valence electrons. The van der Waals surface area contributed by atoms with Crippen LogP contribution in [0.4, 0.5) is 5.95 Å². The number of nitrogens with one attached hydrogen (secondary N) is 2. The predicted octanol–water partition coefficient (Wildman–Crippen LogP) is 0.566. The van der Waals surface area contributed by atoms with Crippen LogP contribution in [-0.4, -0.2) is 50.8 Å². The van der Waals surface area contributed by atoms with Crippen LogP contribution in [0.5, 0.6) is 0 Å². The first kappa shape index (κ1) is 14.4. The summed E-state index contributed by atoms with van der Waals surface area (Å²) >= 11 is 0. The molecule has 3 aliphatic rings. The number of fused-ring (bicyclic) bond motifs is 2. The Hall–Kier alpha value is -1.99. The molecule has 0 bridgehead atoms. The molecule has 1 unspecified atom stereocenters. The number of hydrogen-bond donors (Lipinski definition) is 2. The van der Waals surface area contributed by atoms with Gasteiger partial charge in [0.1, 0.15) is 0 Å². The molecule has 24 heavy (non-hydrogen) atoms. The first-order chi connectivity index (χ1) is 11.9. The van der Waals surface area contributed by atoms with Gasteiger partial charge < -0.3 is 10.6 Å². The summed E-state index contributed by atoms with van der Waals surface area (Å²) in [6.07, 6.45) is 3.49. The minimum Gasteiger partial charge on any atom is -0.348 e. The monoisotopic (exact) mass is 325 g/mol. The Balaban J connectivity index is 1.19. The topological polar surface area (TPSA) is 70.9 Å². The van der Waals surface area contributed by atoms with Crippen molar-refractivity contribution < 1.29 is 0 Å². The van der Waals surface area contributed by atoms with E-state index in [1.165, 1.54) is 25.3 Å². The minimum atomic E-state index is 0.652. The molecule has 0 aromatic carbocycles. The zero-order valence-electron chi connectivity index (χ0n) is 13.7. The van der Waals surface area contributed by atoms with Crippen molar-refractivity contribution in [1.29, 1.82) is 0 Å². The van der Waals surface area contributed by atoms with Gasteiger partial charge in [0, 0.05) is 32.0 Å². The summed E-state index contributed by atoms with van der Waals surface area (Å²) in [5.41, 5.74) is 2.39. The van der Waals surface area contributed by atoms with Crippen LogP contribution in [0.1, 0.15) is 11.4 Å². The molecule has 7 heteroatoms. The minimum absolute atomic E-state index is 0.652. The van der Waals surface area contributed by atoms with Crippen molar-refractivity contribution in [1.82, 2.24) is 30.0 Å².